The van der Waals surface area contributed by atoms with Crippen LogP contribution in [-0.4, -0.2) is 55.2 Å². The average molecular weight is 355 g/mol. The van der Waals surface area contributed by atoms with Crippen molar-refractivity contribution in [2.75, 3.05) is 37.6 Å². The van der Waals surface area contributed by atoms with Gasteiger partial charge < -0.3 is 19.5 Å². The minimum atomic E-state index is -0.396. The molecule has 0 spiro atoms. The Hall–Kier alpha value is -3.09. The van der Waals surface area contributed by atoms with E-state index in [1.165, 1.54) is 6.26 Å². The van der Waals surface area contributed by atoms with Gasteiger partial charge in [-0.05, 0) is 43.3 Å². The summed E-state index contributed by atoms with van der Waals surface area (Å²) in [7, 11) is 0. The summed E-state index contributed by atoms with van der Waals surface area (Å²) in [5, 5.41) is 2.57. The molecule has 0 bridgehead atoms. The highest BCUT2D eigenvalue weighted by molar-refractivity contribution is 5.94. The highest BCUT2D eigenvalue weighted by Crippen LogP contribution is 2.17. The molecule has 26 heavy (non-hydrogen) atoms. The predicted octanol–water partition coefficient (Wildman–Crippen LogP) is 1.56. The number of ketones is 1. The van der Waals surface area contributed by atoms with Crippen LogP contribution in [0.15, 0.2) is 47.1 Å². The lowest BCUT2D eigenvalue weighted by atomic mass is 10.1. The number of nitrogens with one attached hydrogen (secondary N) is 1. The van der Waals surface area contributed by atoms with Gasteiger partial charge in [0, 0.05) is 37.4 Å². The third-order valence-electron chi connectivity index (χ3n) is 4.42. The van der Waals surface area contributed by atoms with Crippen LogP contribution in [0.4, 0.5) is 5.69 Å². The zero-order valence-corrected chi connectivity index (χ0v) is 14.6. The third-order valence-corrected chi connectivity index (χ3v) is 4.42. The predicted molar refractivity (Wildman–Crippen MR) is 96.3 cm³/mol. The highest BCUT2D eigenvalue weighted by atomic mass is 16.3. The van der Waals surface area contributed by atoms with Crippen molar-refractivity contribution in [1.29, 1.82) is 0 Å². The summed E-state index contributed by atoms with van der Waals surface area (Å²) in [5.41, 5.74) is 1.73. The Morgan fingerprint density at radius 3 is 2.31 bits per heavy atom. The summed E-state index contributed by atoms with van der Waals surface area (Å²) >= 11 is 0. The fourth-order valence-electron chi connectivity index (χ4n) is 2.88. The Morgan fingerprint density at radius 2 is 1.73 bits per heavy atom. The Labute approximate surface area is 151 Å². The van der Waals surface area contributed by atoms with Crippen molar-refractivity contribution in [1.82, 2.24) is 10.2 Å². The molecule has 1 N–H and O–H groups in total. The van der Waals surface area contributed by atoms with Crippen LogP contribution in [-0.2, 0) is 4.79 Å². The van der Waals surface area contributed by atoms with Gasteiger partial charge in [-0.25, -0.2) is 0 Å². The van der Waals surface area contributed by atoms with E-state index in [2.05, 4.69) is 10.2 Å². The van der Waals surface area contributed by atoms with Crippen molar-refractivity contribution in [2.24, 2.45) is 0 Å². The molecule has 1 saturated heterocycles. The summed E-state index contributed by atoms with van der Waals surface area (Å²) in [6.45, 7) is 4.08. The highest BCUT2D eigenvalue weighted by Gasteiger charge is 2.22. The zero-order valence-electron chi connectivity index (χ0n) is 14.6. The largest absolute Gasteiger partial charge is 0.459 e. The second kappa shape index (κ2) is 7.86. The number of amides is 2. The van der Waals surface area contributed by atoms with Crippen LogP contribution in [0, 0.1) is 0 Å². The molecular weight excluding hydrogens is 334 g/mol. The van der Waals surface area contributed by atoms with Gasteiger partial charge in [-0.1, -0.05) is 0 Å². The number of nitrogens with zero attached hydrogens (tertiary/aromatic N) is 2. The van der Waals surface area contributed by atoms with E-state index >= 15 is 0 Å². The maximum Gasteiger partial charge on any atom is 0.287 e. The monoisotopic (exact) mass is 355 g/mol. The van der Waals surface area contributed by atoms with Gasteiger partial charge in [-0.15, -0.1) is 0 Å². The molecule has 1 aliphatic heterocycles. The maximum absolute atomic E-state index is 12.3. The first kappa shape index (κ1) is 17.7. The van der Waals surface area contributed by atoms with E-state index in [1.807, 2.05) is 24.3 Å². The normalized spacial score (nSPS) is 14.2. The van der Waals surface area contributed by atoms with Gasteiger partial charge in [0.05, 0.1) is 12.8 Å². The first-order chi connectivity index (χ1) is 12.5. The smallest absolute Gasteiger partial charge is 0.287 e. The molecule has 1 aromatic heterocycles. The van der Waals surface area contributed by atoms with E-state index < -0.39 is 5.91 Å². The number of piperazine rings is 1. The van der Waals surface area contributed by atoms with Crippen molar-refractivity contribution in [2.45, 2.75) is 6.92 Å². The SMILES string of the molecule is CC(=O)c1ccc(N2CCN(C(=O)CNC(=O)c3ccco3)CC2)cc1. The van der Waals surface area contributed by atoms with Crippen LogP contribution in [0.25, 0.3) is 0 Å². The van der Waals surface area contributed by atoms with Crippen molar-refractivity contribution >= 4 is 23.3 Å². The van der Waals surface area contributed by atoms with Gasteiger partial charge >= 0.3 is 0 Å². The van der Waals surface area contributed by atoms with Crippen molar-refractivity contribution in [3.8, 4) is 0 Å². The molecule has 2 amide bonds. The minimum absolute atomic E-state index is 0.0450. The number of Topliss-reactive ketones (excluding diaryl/α,β-unsaturated/α-hetero) is 1. The molecule has 2 heterocycles. The lowest BCUT2D eigenvalue weighted by Gasteiger charge is -2.36. The van der Waals surface area contributed by atoms with E-state index in [9.17, 15) is 14.4 Å². The molecule has 0 aliphatic carbocycles. The Bertz CT molecular complexity index is 776. The van der Waals surface area contributed by atoms with Crippen molar-refractivity contribution in [3.05, 3.63) is 54.0 Å². The number of rotatable bonds is 5. The molecule has 7 nitrogen and oxygen atoms in total. The Kier molecular flexibility index (Phi) is 5.36. The van der Waals surface area contributed by atoms with Crippen LogP contribution in [0.1, 0.15) is 27.8 Å². The molecule has 0 radical (unpaired) electrons. The quantitative estimate of drug-likeness (QED) is 0.823. The molecule has 1 fully saturated rings. The molecule has 2 aromatic rings. The summed E-state index contributed by atoms with van der Waals surface area (Å²) in [4.78, 5) is 39.3. The standard InChI is InChI=1S/C19H21N3O4/c1-14(23)15-4-6-16(7-5-15)21-8-10-22(11-9-21)18(24)13-20-19(25)17-3-2-12-26-17/h2-7,12H,8-11,13H2,1H3,(H,20,25). The first-order valence-corrected chi connectivity index (χ1v) is 8.50. The number of furan rings is 1. The molecule has 7 heteroatoms. The second-order valence-corrected chi connectivity index (χ2v) is 6.13. The average Bonchev–Trinajstić information content (AvgIpc) is 3.21. The van der Waals surface area contributed by atoms with Crippen LogP contribution in [0.3, 0.4) is 0 Å². The molecule has 0 atom stereocenters. The fraction of sp³-hybridized carbons (Fsp3) is 0.316. The van der Waals surface area contributed by atoms with Crippen LogP contribution in [0.2, 0.25) is 0 Å². The summed E-state index contributed by atoms with van der Waals surface area (Å²) in [6.07, 6.45) is 1.42. The van der Waals surface area contributed by atoms with E-state index in [4.69, 9.17) is 4.42 Å². The third kappa shape index (κ3) is 4.11. The Balaban J connectivity index is 1.47. The molecule has 3 rings (SSSR count). The number of carbonyl (C=O) groups excluding carboxylic acids is 3. The van der Waals surface area contributed by atoms with Crippen LogP contribution < -0.4 is 10.2 Å². The second-order valence-electron chi connectivity index (χ2n) is 6.13. The Morgan fingerprint density at radius 1 is 1.04 bits per heavy atom. The molecule has 0 saturated carbocycles. The number of carbonyl (C=O) groups is 3. The zero-order chi connectivity index (χ0) is 18.5. The number of hydrogen-bond donors (Lipinski definition) is 1. The van der Waals surface area contributed by atoms with Crippen LogP contribution >= 0.6 is 0 Å². The first-order valence-electron chi connectivity index (χ1n) is 8.50. The number of hydrogen-bond acceptors (Lipinski definition) is 5. The van der Waals surface area contributed by atoms with Crippen molar-refractivity contribution < 1.29 is 18.8 Å². The molecule has 136 valence electrons. The minimum Gasteiger partial charge on any atom is -0.459 e. The van der Waals surface area contributed by atoms with Gasteiger partial charge in [0.15, 0.2) is 11.5 Å². The maximum atomic E-state index is 12.3. The molecule has 0 unspecified atom stereocenters. The molecular formula is C19H21N3O4. The van der Waals surface area contributed by atoms with Gasteiger partial charge in [-0.3, -0.25) is 14.4 Å². The van der Waals surface area contributed by atoms with Crippen LogP contribution in [0.5, 0.6) is 0 Å². The molecule has 1 aliphatic rings. The molecule has 1 aromatic carbocycles. The van der Waals surface area contributed by atoms with E-state index in [0.29, 0.717) is 31.7 Å². The lowest BCUT2D eigenvalue weighted by Crippen LogP contribution is -2.51. The summed E-state index contributed by atoms with van der Waals surface area (Å²) in [5.74, 6) is -0.274. The number of benzene rings is 1. The topological polar surface area (TPSA) is 82.9 Å². The van der Waals surface area contributed by atoms with Gasteiger partial charge in [-0.2, -0.15) is 0 Å². The summed E-state index contributed by atoms with van der Waals surface area (Å²) < 4.78 is 4.99. The van der Waals surface area contributed by atoms with E-state index in [0.717, 1.165) is 5.69 Å². The number of anilines is 1. The van der Waals surface area contributed by atoms with E-state index in [1.54, 1.807) is 24.0 Å². The van der Waals surface area contributed by atoms with Crippen molar-refractivity contribution in [3.63, 3.8) is 0 Å². The van der Waals surface area contributed by atoms with E-state index in [-0.39, 0.29) is 24.0 Å². The van der Waals surface area contributed by atoms with Gasteiger partial charge in [0.25, 0.3) is 5.91 Å². The fourth-order valence-corrected chi connectivity index (χ4v) is 2.88. The van der Waals surface area contributed by atoms with Gasteiger partial charge in [0.1, 0.15) is 0 Å². The lowest BCUT2D eigenvalue weighted by molar-refractivity contribution is -0.130. The summed E-state index contributed by atoms with van der Waals surface area (Å²) in [6, 6.07) is 10.7. The van der Waals surface area contributed by atoms with Gasteiger partial charge in [0.2, 0.25) is 5.91 Å².